The van der Waals surface area contributed by atoms with E-state index in [0.717, 1.165) is 11.1 Å². The van der Waals surface area contributed by atoms with Gasteiger partial charge >= 0.3 is 5.69 Å². The molecular formula is C15H14N2O3. The maximum atomic E-state index is 11.6. The standard InChI is InChI=1S/C15H14N2O3/c1-20-14-6-5-12(4-2-9-18)10-13(14)11-17-8-3-7-16-15(17)19/h3,5-8,10,18H,9,11H2,1H3. The number of ether oxygens (including phenoxy) is 1. The first-order valence-electron chi connectivity index (χ1n) is 6.02. The summed E-state index contributed by atoms with van der Waals surface area (Å²) in [5.74, 6) is 6.09. The number of hydrogen-bond acceptors (Lipinski definition) is 4. The molecule has 102 valence electrons. The van der Waals surface area contributed by atoms with Crippen molar-refractivity contribution < 1.29 is 9.84 Å². The molecule has 0 aliphatic heterocycles. The molecule has 0 fully saturated rings. The summed E-state index contributed by atoms with van der Waals surface area (Å²) in [6, 6.07) is 7.12. The van der Waals surface area contributed by atoms with Gasteiger partial charge in [-0.1, -0.05) is 11.8 Å². The minimum Gasteiger partial charge on any atom is -0.496 e. The van der Waals surface area contributed by atoms with Crippen molar-refractivity contribution >= 4 is 0 Å². The predicted molar refractivity (Wildman–Crippen MR) is 74.6 cm³/mol. The van der Waals surface area contributed by atoms with E-state index in [-0.39, 0.29) is 12.3 Å². The van der Waals surface area contributed by atoms with Crippen molar-refractivity contribution in [2.24, 2.45) is 0 Å². The van der Waals surface area contributed by atoms with Gasteiger partial charge in [0.05, 0.1) is 13.7 Å². The van der Waals surface area contributed by atoms with E-state index < -0.39 is 0 Å². The highest BCUT2D eigenvalue weighted by Crippen LogP contribution is 2.20. The predicted octanol–water partition coefficient (Wildman–Crippen LogP) is 0.644. The molecule has 0 aliphatic carbocycles. The van der Waals surface area contributed by atoms with E-state index in [2.05, 4.69) is 16.8 Å². The van der Waals surface area contributed by atoms with Crippen molar-refractivity contribution in [1.29, 1.82) is 0 Å². The number of hydrogen-bond donors (Lipinski definition) is 1. The van der Waals surface area contributed by atoms with Crippen molar-refractivity contribution in [3.8, 4) is 17.6 Å². The summed E-state index contributed by atoms with van der Waals surface area (Å²) in [4.78, 5) is 15.3. The first-order chi connectivity index (χ1) is 9.74. The molecule has 0 bridgehead atoms. The number of aliphatic hydroxyl groups excluding tert-OH is 1. The first-order valence-corrected chi connectivity index (χ1v) is 6.02. The molecule has 1 aromatic heterocycles. The van der Waals surface area contributed by atoms with E-state index in [1.807, 2.05) is 6.07 Å². The number of nitrogens with zero attached hydrogens (tertiary/aromatic N) is 2. The lowest BCUT2D eigenvalue weighted by Crippen LogP contribution is -2.22. The lowest BCUT2D eigenvalue weighted by Gasteiger charge is -2.10. The Balaban J connectivity index is 2.38. The molecule has 20 heavy (non-hydrogen) atoms. The monoisotopic (exact) mass is 270 g/mol. The van der Waals surface area contributed by atoms with Crippen LogP contribution in [0, 0.1) is 11.8 Å². The van der Waals surface area contributed by atoms with Crippen LogP contribution in [0.3, 0.4) is 0 Å². The van der Waals surface area contributed by atoms with Crippen LogP contribution < -0.4 is 10.4 Å². The summed E-state index contributed by atoms with van der Waals surface area (Å²) in [7, 11) is 1.57. The van der Waals surface area contributed by atoms with Crippen LogP contribution in [-0.2, 0) is 6.54 Å². The van der Waals surface area contributed by atoms with E-state index in [0.29, 0.717) is 12.3 Å². The second-order valence-corrected chi connectivity index (χ2v) is 4.02. The molecule has 0 amide bonds. The van der Waals surface area contributed by atoms with Crippen LogP contribution in [0.15, 0.2) is 41.5 Å². The largest absolute Gasteiger partial charge is 0.496 e. The third-order valence-electron chi connectivity index (χ3n) is 2.72. The Morgan fingerprint density at radius 2 is 2.30 bits per heavy atom. The smallest absolute Gasteiger partial charge is 0.347 e. The maximum Gasteiger partial charge on any atom is 0.347 e. The molecule has 2 rings (SSSR count). The van der Waals surface area contributed by atoms with Gasteiger partial charge in [0.2, 0.25) is 0 Å². The molecule has 0 aliphatic rings. The average Bonchev–Trinajstić information content (AvgIpc) is 2.48. The Morgan fingerprint density at radius 1 is 1.45 bits per heavy atom. The van der Waals surface area contributed by atoms with E-state index in [1.54, 1.807) is 31.5 Å². The van der Waals surface area contributed by atoms with E-state index in [9.17, 15) is 4.79 Å². The molecule has 0 atom stereocenters. The van der Waals surface area contributed by atoms with Gasteiger partial charge in [-0.2, -0.15) is 0 Å². The van der Waals surface area contributed by atoms with E-state index in [1.165, 1.54) is 10.8 Å². The lowest BCUT2D eigenvalue weighted by molar-refractivity contribution is 0.350. The molecule has 1 N–H and O–H groups in total. The summed E-state index contributed by atoms with van der Waals surface area (Å²) in [6.07, 6.45) is 3.13. The van der Waals surface area contributed by atoms with E-state index in [4.69, 9.17) is 9.84 Å². The fourth-order valence-corrected chi connectivity index (χ4v) is 1.81. The fraction of sp³-hybridized carbons (Fsp3) is 0.200. The fourth-order valence-electron chi connectivity index (χ4n) is 1.81. The summed E-state index contributed by atoms with van der Waals surface area (Å²) < 4.78 is 6.77. The van der Waals surface area contributed by atoms with Crippen molar-refractivity contribution in [1.82, 2.24) is 9.55 Å². The van der Waals surface area contributed by atoms with Gasteiger partial charge in [0.1, 0.15) is 12.4 Å². The molecule has 1 heterocycles. The Kier molecular flexibility index (Phi) is 4.53. The average molecular weight is 270 g/mol. The minimum absolute atomic E-state index is 0.191. The molecule has 1 aromatic carbocycles. The quantitative estimate of drug-likeness (QED) is 0.831. The molecule has 5 nitrogen and oxygen atoms in total. The van der Waals surface area contributed by atoms with Gasteiger partial charge in [-0.3, -0.25) is 4.57 Å². The molecule has 0 spiro atoms. The topological polar surface area (TPSA) is 64.3 Å². The third-order valence-corrected chi connectivity index (χ3v) is 2.72. The number of benzene rings is 1. The van der Waals surface area contributed by atoms with Crippen LogP contribution in [0.25, 0.3) is 0 Å². The Morgan fingerprint density at radius 3 is 3.00 bits per heavy atom. The van der Waals surface area contributed by atoms with Gasteiger partial charge in [-0.05, 0) is 24.3 Å². The number of rotatable bonds is 3. The van der Waals surface area contributed by atoms with Crippen LogP contribution in [0.4, 0.5) is 0 Å². The zero-order valence-electron chi connectivity index (χ0n) is 11.0. The molecule has 2 aromatic rings. The Labute approximate surface area is 116 Å². The highest BCUT2D eigenvalue weighted by molar-refractivity contribution is 5.44. The summed E-state index contributed by atoms with van der Waals surface area (Å²) in [5.41, 5.74) is 1.26. The summed E-state index contributed by atoms with van der Waals surface area (Å²) in [5, 5.41) is 8.72. The van der Waals surface area contributed by atoms with E-state index >= 15 is 0 Å². The van der Waals surface area contributed by atoms with Gasteiger partial charge in [0.25, 0.3) is 0 Å². The molecule has 5 heteroatoms. The zero-order chi connectivity index (χ0) is 14.4. The first kappa shape index (κ1) is 13.8. The number of aliphatic hydroxyl groups is 1. The van der Waals surface area contributed by atoms with Crippen LogP contribution in [0.1, 0.15) is 11.1 Å². The maximum absolute atomic E-state index is 11.6. The summed E-state index contributed by atoms with van der Waals surface area (Å²) in [6.45, 7) is 0.161. The van der Waals surface area contributed by atoms with Crippen molar-refractivity contribution in [3.63, 3.8) is 0 Å². The normalized spacial score (nSPS) is 9.70. The van der Waals surface area contributed by atoms with Gasteiger partial charge < -0.3 is 9.84 Å². The molecule has 0 radical (unpaired) electrons. The van der Waals surface area contributed by atoms with Crippen LogP contribution >= 0.6 is 0 Å². The number of aromatic nitrogens is 2. The van der Waals surface area contributed by atoms with Gasteiger partial charge in [0.15, 0.2) is 0 Å². The van der Waals surface area contributed by atoms with Gasteiger partial charge in [-0.25, -0.2) is 9.78 Å². The zero-order valence-corrected chi connectivity index (χ0v) is 11.0. The highest BCUT2D eigenvalue weighted by atomic mass is 16.5. The van der Waals surface area contributed by atoms with Crippen LogP contribution in [0.5, 0.6) is 5.75 Å². The second kappa shape index (κ2) is 6.55. The van der Waals surface area contributed by atoms with Crippen molar-refractivity contribution in [3.05, 3.63) is 58.3 Å². The molecule has 0 unspecified atom stereocenters. The Bertz CT molecular complexity index is 711. The Hall–Kier alpha value is -2.58. The molecule has 0 saturated carbocycles. The van der Waals surface area contributed by atoms with Crippen molar-refractivity contribution in [2.75, 3.05) is 13.7 Å². The van der Waals surface area contributed by atoms with Gasteiger partial charge in [-0.15, -0.1) is 0 Å². The van der Waals surface area contributed by atoms with Crippen LogP contribution in [-0.4, -0.2) is 28.4 Å². The van der Waals surface area contributed by atoms with Crippen LogP contribution in [0.2, 0.25) is 0 Å². The number of methoxy groups -OCH3 is 1. The highest BCUT2D eigenvalue weighted by Gasteiger charge is 2.06. The third kappa shape index (κ3) is 3.25. The lowest BCUT2D eigenvalue weighted by atomic mass is 10.1. The van der Waals surface area contributed by atoms with Crippen molar-refractivity contribution in [2.45, 2.75) is 6.54 Å². The van der Waals surface area contributed by atoms with Gasteiger partial charge in [0, 0.05) is 23.5 Å². The molecular weight excluding hydrogens is 256 g/mol. The second-order valence-electron chi connectivity index (χ2n) is 4.02. The summed E-state index contributed by atoms with van der Waals surface area (Å²) >= 11 is 0. The minimum atomic E-state index is -0.318. The SMILES string of the molecule is COc1ccc(C#CCO)cc1Cn1cccnc1=O. The molecule has 0 saturated heterocycles.